The largest absolute Gasteiger partial charge is 0.384 e. The summed E-state index contributed by atoms with van der Waals surface area (Å²) in [6, 6.07) is 29.0. The number of para-hydroxylation sites is 2. The van der Waals surface area contributed by atoms with E-state index in [1.165, 1.54) is 0 Å². The monoisotopic (exact) mass is 1330 g/mol. The highest BCUT2D eigenvalue weighted by molar-refractivity contribution is 7.86. The third kappa shape index (κ3) is 21.7. The maximum atomic E-state index is 13.4. The summed E-state index contributed by atoms with van der Waals surface area (Å²) < 4.78 is 96.0. The Kier molecular flexibility index (Phi) is 27.2. The molecule has 2 heterocycles. The van der Waals surface area contributed by atoms with Gasteiger partial charge in [-0.25, -0.2) is 0 Å². The fourth-order valence-corrected chi connectivity index (χ4v) is 13.3. The van der Waals surface area contributed by atoms with Gasteiger partial charge in [0.1, 0.15) is 6.54 Å². The molecule has 0 atom stereocenters. The molecule has 3 aliphatic rings. The molecule has 0 radical (unpaired) electrons. The Morgan fingerprint density at radius 2 is 1.24 bits per heavy atom. The highest BCUT2D eigenvalue weighted by atomic mass is 32.2. The first-order chi connectivity index (χ1) is 44.7. The van der Waals surface area contributed by atoms with Crippen molar-refractivity contribution in [2.24, 2.45) is 11.1 Å². The lowest BCUT2D eigenvalue weighted by Gasteiger charge is -2.32. The van der Waals surface area contributed by atoms with Gasteiger partial charge in [0.05, 0.1) is 80.9 Å². The fourth-order valence-electron chi connectivity index (χ4n) is 12.1. The molecule has 4 aromatic rings. The molecule has 8 N–H and O–H groups in total. The van der Waals surface area contributed by atoms with Gasteiger partial charge in [-0.15, -0.1) is 0 Å². The summed E-state index contributed by atoms with van der Waals surface area (Å²) in [4.78, 5) is 40.8. The summed E-state index contributed by atoms with van der Waals surface area (Å²) in [5, 5.41) is 17.8. The van der Waals surface area contributed by atoms with Gasteiger partial charge in [-0.2, -0.15) is 21.4 Å². The van der Waals surface area contributed by atoms with E-state index in [4.69, 9.17) is 34.8 Å². The molecule has 7 rings (SSSR count). The highest BCUT2D eigenvalue weighted by Gasteiger charge is 2.44. The molecule has 0 unspecified atom stereocenters. The zero-order chi connectivity index (χ0) is 68.1. The van der Waals surface area contributed by atoms with E-state index in [0.29, 0.717) is 177 Å². The summed E-state index contributed by atoms with van der Waals surface area (Å²) in [5.41, 5.74) is 16.0. The summed E-state index contributed by atoms with van der Waals surface area (Å²) >= 11 is 0. The average molecular weight is 1340 g/mol. The molecule has 2 aliphatic heterocycles. The van der Waals surface area contributed by atoms with Gasteiger partial charge in [-0.3, -0.25) is 23.5 Å². The Bertz CT molecular complexity index is 3700. The van der Waals surface area contributed by atoms with E-state index in [1.54, 1.807) is 37.3 Å². The van der Waals surface area contributed by atoms with Gasteiger partial charge in [0, 0.05) is 109 Å². The average Bonchev–Trinajstić information content (AvgIpc) is 1.61. The summed E-state index contributed by atoms with van der Waals surface area (Å²) in [7, 11) is -8.21. The lowest BCUT2D eigenvalue weighted by Crippen LogP contribution is -2.30. The fraction of sp³-hybridized carbons (Fsp3) is 0.479. The van der Waals surface area contributed by atoms with Crippen molar-refractivity contribution in [1.82, 2.24) is 5.32 Å². The number of carbonyl (C=O) groups excluding carboxylic acids is 3. The number of unbranched alkanes of at least 4 members (excludes halogenated alkanes) is 2. The van der Waals surface area contributed by atoms with Crippen molar-refractivity contribution >= 4 is 77.6 Å². The number of anilines is 3. The minimum absolute atomic E-state index is 0.0553. The number of rotatable bonds is 40. The summed E-state index contributed by atoms with van der Waals surface area (Å²) in [6.45, 7) is 20.4. The maximum Gasteiger partial charge on any atom is 0.264 e. The van der Waals surface area contributed by atoms with Crippen molar-refractivity contribution in [3.8, 4) is 0 Å². The number of amides is 2. The molecule has 0 spiro atoms. The number of nitrogens with zero attached hydrogens (tertiary/aromatic N) is 2. The van der Waals surface area contributed by atoms with Crippen LogP contribution in [0.4, 0.5) is 22.7 Å². The van der Waals surface area contributed by atoms with Gasteiger partial charge in [0.15, 0.2) is 11.5 Å². The van der Waals surface area contributed by atoms with E-state index in [-0.39, 0.29) is 34.3 Å². The maximum absolute atomic E-state index is 13.4. The number of carbonyl (C=O) groups is 3. The minimum atomic E-state index is -4.10. The second kappa shape index (κ2) is 34.5. The molecule has 0 bridgehead atoms. The number of primary amides is 1. The Hall–Kier alpha value is -7.19. The number of nitrogens with one attached hydrogen (secondary N) is 4. The second-order valence-corrected chi connectivity index (χ2v) is 28.8. The van der Waals surface area contributed by atoms with Crippen molar-refractivity contribution < 1.29 is 68.6 Å². The number of hydrogen-bond acceptors (Lipinski definition) is 16. The first-order valence-electron chi connectivity index (χ1n) is 32.3. The molecule has 1 aliphatic carbocycles. The van der Waals surface area contributed by atoms with Crippen LogP contribution in [0.15, 0.2) is 132 Å². The van der Waals surface area contributed by atoms with Crippen molar-refractivity contribution in [2.45, 2.75) is 111 Å². The van der Waals surface area contributed by atoms with Crippen LogP contribution in [0, 0.1) is 10.8 Å². The van der Waals surface area contributed by atoms with Crippen LogP contribution in [0.1, 0.15) is 137 Å². The van der Waals surface area contributed by atoms with Gasteiger partial charge in [0.2, 0.25) is 5.69 Å². The first kappa shape index (κ1) is 74.2. The molecule has 21 nitrogen and oxygen atoms in total. The Balaban J connectivity index is 0.821. The van der Waals surface area contributed by atoms with Crippen LogP contribution in [-0.4, -0.2) is 163 Å². The SMILES string of the molecule is CC(=N)C1=C(Nc2ccc(C(N)=O)c(NCCCOCCOCCOCCOCCOCCCNC(=O)c3ccc(C(=C\C=C4\N(CCCCS(=O)(=O)O)c5ccccc5C4(C)C)/C=C/C4=[N+](CCCCS(=O)(=O)O)c5ccccc5C4(C)C)cc3)c2)CC(C)(C)CC1=O. The molecule has 0 saturated heterocycles. The van der Waals surface area contributed by atoms with Crippen LogP contribution < -0.4 is 26.6 Å². The van der Waals surface area contributed by atoms with Crippen LogP contribution in [0.5, 0.6) is 0 Å². The molecule has 23 heteroatoms. The summed E-state index contributed by atoms with van der Waals surface area (Å²) in [6.07, 6.45) is 12.2. The highest BCUT2D eigenvalue weighted by Crippen LogP contribution is 2.48. The van der Waals surface area contributed by atoms with Gasteiger partial charge in [-0.05, 0) is 130 Å². The lowest BCUT2D eigenvalue weighted by atomic mass is 9.75. The molecule has 94 heavy (non-hydrogen) atoms. The van der Waals surface area contributed by atoms with E-state index in [1.807, 2.05) is 50.2 Å². The third-order valence-electron chi connectivity index (χ3n) is 16.8. The number of hydrogen-bond donors (Lipinski definition) is 7. The Morgan fingerprint density at radius 1 is 0.681 bits per heavy atom. The molecule has 4 aromatic carbocycles. The number of ether oxygens (including phenoxy) is 5. The molecule has 510 valence electrons. The van der Waals surface area contributed by atoms with Crippen LogP contribution in [0.3, 0.4) is 0 Å². The van der Waals surface area contributed by atoms with Crippen molar-refractivity contribution in [3.63, 3.8) is 0 Å². The van der Waals surface area contributed by atoms with Crippen LogP contribution in [-0.2, 0) is 59.5 Å². The van der Waals surface area contributed by atoms with E-state index < -0.39 is 37.0 Å². The molecular weight excluding hydrogens is 1240 g/mol. The molecule has 0 aromatic heterocycles. The zero-order valence-corrected chi connectivity index (χ0v) is 57.2. The number of Topliss-reactive ketones (excluding diaryl/α,β-unsaturated/α-hetero) is 1. The number of allylic oxidation sites excluding steroid dienone is 8. The van der Waals surface area contributed by atoms with Crippen LogP contribution >= 0.6 is 0 Å². The van der Waals surface area contributed by atoms with E-state index in [2.05, 4.69) is 102 Å². The lowest BCUT2D eigenvalue weighted by molar-refractivity contribution is -0.438. The van der Waals surface area contributed by atoms with Crippen molar-refractivity contribution in [3.05, 3.63) is 160 Å². The van der Waals surface area contributed by atoms with Gasteiger partial charge in [0.25, 0.3) is 32.1 Å². The summed E-state index contributed by atoms with van der Waals surface area (Å²) in [5.74, 6) is -1.48. The standard InChI is InChI=1S/C71H95N7O14S2/c1-51(72)66-60(49-69(2,3)50-63(66)79)76-55-28-29-56(67(73)80)59(48-55)74-32-16-36-88-38-40-90-42-44-92-45-43-91-41-39-89-37-17-33-75-68(81)54-24-22-52(23-25-54)53(26-30-64-70(4,5)57-18-8-10-20-61(57)77(64)34-12-14-46-93(82,83)84)27-31-65-71(6,7)58-19-9-11-21-62(58)78(65)35-13-15-47-94(85,86)87/h8-11,18-31,48H,12-17,32-47,49-50H2,1-7H3,(H7-,72,73,74,75,76,79,80,81,82,83,84,85,86,87)/p+1. The molecule has 0 fully saturated rings. The number of nitrogens with two attached hydrogens (primary N) is 1. The van der Waals surface area contributed by atoms with Crippen LogP contribution in [0.25, 0.3) is 5.57 Å². The van der Waals surface area contributed by atoms with Crippen molar-refractivity contribution in [2.75, 3.05) is 119 Å². The van der Waals surface area contributed by atoms with Crippen molar-refractivity contribution in [1.29, 1.82) is 5.41 Å². The molecular formula is C71H96N7O14S2+. The first-order valence-corrected chi connectivity index (χ1v) is 35.5. The molecule has 2 amide bonds. The quantitative estimate of drug-likeness (QED) is 0.00716. The Morgan fingerprint density at radius 3 is 1.85 bits per heavy atom. The van der Waals surface area contributed by atoms with Gasteiger partial charge < -0.3 is 55.7 Å². The Labute approximate surface area is 555 Å². The minimum Gasteiger partial charge on any atom is -0.384 e. The van der Waals surface area contributed by atoms with E-state index >= 15 is 0 Å². The smallest absolute Gasteiger partial charge is 0.264 e. The van der Waals surface area contributed by atoms with E-state index in [0.717, 1.165) is 45.0 Å². The normalized spacial score (nSPS) is 16.5. The van der Waals surface area contributed by atoms with Gasteiger partial charge >= 0.3 is 0 Å². The number of benzene rings is 4. The van der Waals surface area contributed by atoms with Gasteiger partial charge in [-0.1, -0.05) is 82.3 Å². The molecule has 0 saturated carbocycles. The number of ketones is 1. The zero-order valence-electron chi connectivity index (χ0n) is 55.5. The third-order valence-corrected chi connectivity index (χ3v) is 18.4. The van der Waals surface area contributed by atoms with E-state index in [9.17, 15) is 40.3 Å². The van der Waals surface area contributed by atoms with Crippen LogP contribution in [0.2, 0.25) is 0 Å². The predicted molar refractivity (Wildman–Crippen MR) is 370 cm³/mol. The number of fused-ring (bicyclic) bond motifs is 2. The predicted octanol–water partition coefficient (Wildman–Crippen LogP) is 10.6. The second-order valence-electron chi connectivity index (χ2n) is 25.7. The topological polar surface area (TPSA) is 298 Å².